The van der Waals surface area contributed by atoms with Crippen LogP contribution in [0.5, 0.6) is 0 Å². The van der Waals surface area contributed by atoms with Crippen LogP contribution in [0.3, 0.4) is 0 Å². The van der Waals surface area contributed by atoms with E-state index >= 15 is 0 Å². The largest absolute Gasteiger partial charge is 0.341 e. The minimum Gasteiger partial charge on any atom is -0.341 e. The summed E-state index contributed by atoms with van der Waals surface area (Å²) in [4.78, 5) is 41.7. The Balaban J connectivity index is 1.60. The summed E-state index contributed by atoms with van der Waals surface area (Å²) < 4.78 is 1.96. The molecule has 2 aliphatic rings. The highest BCUT2D eigenvalue weighted by atomic mass is 32.2. The zero-order chi connectivity index (χ0) is 22.1. The Kier molecular flexibility index (Phi) is 6.23. The highest BCUT2D eigenvalue weighted by molar-refractivity contribution is 8.18. The summed E-state index contributed by atoms with van der Waals surface area (Å²) in [5.41, 5.74) is 1.81. The number of hydrogen-bond acceptors (Lipinski definition) is 4. The molecule has 0 bridgehead atoms. The van der Waals surface area contributed by atoms with Crippen LogP contribution in [0.4, 0.5) is 4.79 Å². The van der Waals surface area contributed by atoms with Gasteiger partial charge in [-0.05, 0) is 48.6 Å². The average Bonchev–Trinajstić information content (AvgIpc) is 3.20. The van der Waals surface area contributed by atoms with Crippen molar-refractivity contribution in [2.75, 3.05) is 19.6 Å². The smallest absolute Gasteiger partial charge is 0.293 e. The van der Waals surface area contributed by atoms with E-state index in [1.807, 2.05) is 53.8 Å². The van der Waals surface area contributed by atoms with E-state index in [1.165, 1.54) is 4.90 Å². The van der Waals surface area contributed by atoms with Crippen molar-refractivity contribution in [3.8, 4) is 0 Å². The van der Waals surface area contributed by atoms with Gasteiger partial charge in [-0.3, -0.25) is 19.3 Å². The maximum absolute atomic E-state index is 12.9. The van der Waals surface area contributed by atoms with E-state index in [9.17, 15) is 14.4 Å². The number of carbonyl (C=O) groups excluding carboxylic acids is 3. The Morgan fingerprint density at radius 1 is 1.19 bits per heavy atom. The normalized spacial score (nSPS) is 19.4. The van der Waals surface area contributed by atoms with E-state index < -0.39 is 0 Å². The van der Waals surface area contributed by atoms with Gasteiger partial charge in [-0.25, -0.2) is 0 Å². The maximum atomic E-state index is 12.9. The predicted octanol–water partition coefficient (Wildman–Crippen LogP) is 4.59. The van der Waals surface area contributed by atoms with Crippen LogP contribution < -0.4 is 0 Å². The van der Waals surface area contributed by atoms with E-state index in [2.05, 4.69) is 6.92 Å². The van der Waals surface area contributed by atoms with Crippen LogP contribution in [0.15, 0.2) is 35.4 Å². The zero-order valence-corrected chi connectivity index (χ0v) is 19.2. The van der Waals surface area contributed by atoms with Crippen molar-refractivity contribution in [2.45, 2.75) is 40.2 Å². The van der Waals surface area contributed by atoms with E-state index in [-0.39, 0.29) is 29.5 Å². The van der Waals surface area contributed by atoms with E-state index in [0.717, 1.165) is 54.2 Å². The zero-order valence-electron chi connectivity index (χ0n) is 18.3. The molecule has 0 aliphatic carbocycles. The fraction of sp³-hybridized carbons (Fsp3) is 0.458. The maximum Gasteiger partial charge on any atom is 0.293 e. The summed E-state index contributed by atoms with van der Waals surface area (Å²) in [6.07, 6.45) is 5.81. The SMILES string of the molecule is CC(C)CN1C(=O)S/C(=C\c2cn(CC(=O)N3CCC(C)CC3)c3ccccc23)C1=O. The molecule has 2 saturated heterocycles. The van der Waals surface area contributed by atoms with Crippen LogP contribution in [0.2, 0.25) is 0 Å². The molecule has 6 nitrogen and oxygen atoms in total. The Bertz CT molecular complexity index is 1050. The Hall–Kier alpha value is -2.54. The molecule has 1 aromatic heterocycles. The number of para-hydroxylation sites is 1. The number of hydrogen-bond donors (Lipinski definition) is 0. The van der Waals surface area contributed by atoms with Crippen molar-refractivity contribution in [3.05, 3.63) is 40.9 Å². The van der Waals surface area contributed by atoms with Crippen molar-refractivity contribution in [3.63, 3.8) is 0 Å². The second-order valence-corrected chi connectivity index (χ2v) is 9.97. The van der Waals surface area contributed by atoms with E-state index in [1.54, 1.807) is 6.08 Å². The molecule has 0 N–H and O–H groups in total. The first kappa shape index (κ1) is 21.7. The molecule has 0 saturated carbocycles. The minimum atomic E-state index is -0.237. The second-order valence-electron chi connectivity index (χ2n) is 8.98. The van der Waals surface area contributed by atoms with Gasteiger partial charge in [0.15, 0.2) is 0 Å². The summed E-state index contributed by atoms with van der Waals surface area (Å²) in [5.74, 6) is 0.781. The third-order valence-electron chi connectivity index (χ3n) is 5.97. The average molecular weight is 440 g/mol. The molecular formula is C24H29N3O3S. The molecule has 2 aromatic rings. The number of benzene rings is 1. The lowest BCUT2D eigenvalue weighted by Gasteiger charge is -2.30. The van der Waals surface area contributed by atoms with Crippen LogP contribution in [0, 0.1) is 11.8 Å². The van der Waals surface area contributed by atoms with Crippen molar-refractivity contribution >= 4 is 45.8 Å². The van der Waals surface area contributed by atoms with Gasteiger partial charge in [-0.15, -0.1) is 0 Å². The fourth-order valence-corrected chi connectivity index (χ4v) is 5.03. The molecule has 0 atom stereocenters. The van der Waals surface area contributed by atoms with Crippen molar-refractivity contribution < 1.29 is 14.4 Å². The molecule has 0 spiro atoms. The second kappa shape index (κ2) is 8.91. The number of nitrogens with zero attached hydrogens (tertiary/aromatic N) is 3. The number of rotatable bonds is 5. The van der Waals surface area contributed by atoms with Crippen molar-refractivity contribution in [1.82, 2.24) is 14.4 Å². The van der Waals surface area contributed by atoms with Gasteiger partial charge in [0.2, 0.25) is 5.91 Å². The highest BCUT2D eigenvalue weighted by Crippen LogP contribution is 2.34. The van der Waals surface area contributed by atoms with Gasteiger partial charge in [-0.2, -0.15) is 0 Å². The summed E-state index contributed by atoms with van der Waals surface area (Å²) in [7, 11) is 0. The molecule has 3 heterocycles. The number of likely N-dealkylation sites (tertiary alicyclic amines) is 1. The number of thioether (sulfide) groups is 1. The van der Waals surface area contributed by atoms with Gasteiger partial charge in [0.05, 0.1) is 4.91 Å². The van der Waals surface area contributed by atoms with Gasteiger partial charge < -0.3 is 9.47 Å². The standard InChI is InChI=1S/C24H29N3O3S/c1-16(2)13-27-23(29)21(31-24(27)30)12-18-14-26(20-7-5-4-6-19(18)20)15-22(28)25-10-8-17(3)9-11-25/h4-7,12,14,16-17H,8-11,13,15H2,1-3H3/b21-12-. The Morgan fingerprint density at radius 3 is 2.61 bits per heavy atom. The lowest BCUT2D eigenvalue weighted by atomic mass is 9.99. The summed E-state index contributed by atoms with van der Waals surface area (Å²) in [6, 6.07) is 7.88. The van der Waals surface area contributed by atoms with Crippen LogP contribution >= 0.6 is 11.8 Å². The lowest BCUT2D eigenvalue weighted by Crippen LogP contribution is -2.39. The van der Waals surface area contributed by atoms with E-state index in [0.29, 0.717) is 17.4 Å². The number of piperidine rings is 1. The van der Waals surface area contributed by atoms with Crippen molar-refractivity contribution in [1.29, 1.82) is 0 Å². The summed E-state index contributed by atoms with van der Waals surface area (Å²) >= 11 is 0.987. The van der Waals surface area contributed by atoms with Gasteiger partial charge >= 0.3 is 0 Å². The molecular weight excluding hydrogens is 410 g/mol. The Morgan fingerprint density at radius 2 is 1.90 bits per heavy atom. The molecule has 2 fully saturated rings. The van der Waals surface area contributed by atoms with Crippen LogP contribution in [0.1, 0.15) is 39.2 Å². The van der Waals surface area contributed by atoms with Gasteiger partial charge in [0.25, 0.3) is 11.1 Å². The molecule has 31 heavy (non-hydrogen) atoms. The molecule has 1 aromatic carbocycles. The van der Waals surface area contributed by atoms with E-state index in [4.69, 9.17) is 0 Å². The van der Waals surface area contributed by atoms with Gasteiger partial charge in [0.1, 0.15) is 6.54 Å². The number of fused-ring (bicyclic) bond motifs is 1. The van der Waals surface area contributed by atoms with Crippen LogP contribution in [0.25, 0.3) is 17.0 Å². The lowest BCUT2D eigenvalue weighted by molar-refractivity contribution is -0.133. The van der Waals surface area contributed by atoms with Gasteiger partial charge in [0, 0.05) is 42.3 Å². The van der Waals surface area contributed by atoms with Crippen molar-refractivity contribution in [2.24, 2.45) is 11.8 Å². The highest BCUT2D eigenvalue weighted by Gasteiger charge is 2.35. The summed E-state index contributed by atoms with van der Waals surface area (Å²) in [5, 5.41) is 0.751. The molecule has 0 unspecified atom stereocenters. The quantitative estimate of drug-likeness (QED) is 0.639. The molecule has 4 rings (SSSR count). The molecule has 7 heteroatoms. The Labute approximate surface area is 187 Å². The monoisotopic (exact) mass is 439 g/mol. The molecule has 0 radical (unpaired) electrons. The number of imide groups is 1. The molecule has 164 valence electrons. The topological polar surface area (TPSA) is 62.6 Å². The first-order valence-corrected chi connectivity index (χ1v) is 11.8. The predicted molar refractivity (Wildman–Crippen MR) is 124 cm³/mol. The van der Waals surface area contributed by atoms with Crippen LogP contribution in [-0.4, -0.2) is 51.1 Å². The minimum absolute atomic E-state index is 0.122. The number of aromatic nitrogens is 1. The molecule has 3 amide bonds. The first-order chi connectivity index (χ1) is 14.8. The third-order valence-corrected chi connectivity index (χ3v) is 6.88. The van der Waals surface area contributed by atoms with Gasteiger partial charge in [-0.1, -0.05) is 39.0 Å². The number of amides is 3. The molecule has 2 aliphatic heterocycles. The third kappa shape index (κ3) is 4.56. The van der Waals surface area contributed by atoms with Crippen LogP contribution in [-0.2, 0) is 16.1 Å². The first-order valence-electron chi connectivity index (χ1n) is 10.9. The number of carbonyl (C=O) groups is 3. The fourth-order valence-electron chi connectivity index (χ4n) is 4.19. The summed E-state index contributed by atoms with van der Waals surface area (Å²) in [6.45, 7) is 8.53.